The van der Waals surface area contributed by atoms with Crippen LogP contribution in [-0.2, 0) is 16.7 Å². The smallest absolute Gasteiger partial charge is 0.191 e. The lowest BCUT2D eigenvalue weighted by Crippen LogP contribution is -2.43. The molecule has 1 heterocycles. The van der Waals surface area contributed by atoms with Gasteiger partial charge in [-0.15, -0.1) is 0 Å². The number of aryl methyl sites for hydroxylation is 1. The zero-order valence-electron chi connectivity index (χ0n) is 19.3. The second-order valence-corrected chi connectivity index (χ2v) is 8.61. The first-order valence-corrected chi connectivity index (χ1v) is 10.8. The van der Waals surface area contributed by atoms with Crippen molar-refractivity contribution >= 4 is 5.96 Å². The van der Waals surface area contributed by atoms with Crippen LogP contribution in [0.15, 0.2) is 47.5 Å². The summed E-state index contributed by atoms with van der Waals surface area (Å²) in [6.07, 6.45) is 1.06. The minimum Gasteiger partial charge on any atom is -0.497 e. The Hall–Kier alpha value is -2.73. The molecule has 1 fully saturated rings. The Morgan fingerprint density at radius 1 is 1.19 bits per heavy atom. The van der Waals surface area contributed by atoms with Gasteiger partial charge in [0.15, 0.2) is 5.96 Å². The fourth-order valence-corrected chi connectivity index (χ4v) is 3.55. The summed E-state index contributed by atoms with van der Waals surface area (Å²) in [4.78, 5) is 4.39. The van der Waals surface area contributed by atoms with Crippen molar-refractivity contribution in [3.63, 3.8) is 0 Å². The van der Waals surface area contributed by atoms with E-state index >= 15 is 0 Å². The molecule has 0 aliphatic carbocycles. The standard InChI is InChI=1S/C25H35N3O3/c1-18-9-10-19(23(13-18)31-22-11-12-30-16-22)15-27-24(26-4)28-17-25(2,3)20-7-6-8-21(14-20)29-5/h6-10,13-14,22H,11-12,15-17H2,1-5H3,(H2,26,27,28). The summed E-state index contributed by atoms with van der Waals surface area (Å²) in [6, 6.07) is 14.5. The van der Waals surface area contributed by atoms with Crippen molar-refractivity contribution in [3.8, 4) is 11.5 Å². The average Bonchev–Trinajstić information content (AvgIpc) is 3.28. The number of nitrogens with one attached hydrogen (secondary N) is 2. The van der Waals surface area contributed by atoms with Crippen molar-refractivity contribution in [3.05, 3.63) is 59.2 Å². The Bertz CT molecular complexity index is 889. The molecule has 1 atom stereocenters. The number of guanidine groups is 1. The average molecular weight is 426 g/mol. The molecular weight excluding hydrogens is 390 g/mol. The van der Waals surface area contributed by atoms with Crippen LogP contribution in [0.25, 0.3) is 0 Å². The third-order valence-electron chi connectivity index (χ3n) is 5.62. The van der Waals surface area contributed by atoms with Gasteiger partial charge in [-0.05, 0) is 36.2 Å². The second-order valence-electron chi connectivity index (χ2n) is 8.61. The molecule has 0 amide bonds. The first-order valence-electron chi connectivity index (χ1n) is 10.8. The molecule has 0 bridgehead atoms. The topological polar surface area (TPSA) is 64.1 Å². The van der Waals surface area contributed by atoms with Crippen molar-refractivity contribution in [1.29, 1.82) is 0 Å². The van der Waals surface area contributed by atoms with Crippen molar-refractivity contribution < 1.29 is 14.2 Å². The summed E-state index contributed by atoms with van der Waals surface area (Å²) in [5.74, 6) is 2.54. The van der Waals surface area contributed by atoms with Gasteiger partial charge < -0.3 is 24.8 Å². The highest BCUT2D eigenvalue weighted by Crippen LogP contribution is 2.26. The van der Waals surface area contributed by atoms with E-state index in [4.69, 9.17) is 14.2 Å². The normalized spacial score (nSPS) is 16.8. The monoisotopic (exact) mass is 425 g/mol. The highest BCUT2D eigenvalue weighted by atomic mass is 16.5. The largest absolute Gasteiger partial charge is 0.497 e. The van der Waals surface area contributed by atoms with Crippen LogP contribution in [0.4, 0.5) is 0 Å². The first-order chi connectivity index (χ1) is 14.9. The summed E-state index contributed by atoms with van der Waals surface area (Å²) < 4.78 is 17.0. The first kappa shape index (κ1) is 22.9. The number of methoxy groups -OCH3 is 1. The van der Waals surface area contributed by atoms with Gasteiger partial charge in [-0.1, -0.05) is 38.1 Å². The van der Waals surface area contributed by atoms with Gasteiger partial charge in [0.25, 0.3) is 0 Å². The van der Waals surface area contributed by atoms with E-state index in [0.29, 0.717) is 13.2 Å². The summed E-state index contributed by atoms with van der Waals surface area (Å²) in [5.41, 5.74) is 3.41. The molecule has 1 aliphatic rings. The highest BCUT2D eigenvalue weighted by Gasteiger charge is 2.22. The predicted octanol–water partition coefficient (Wildman–Crippen LogP) is 3.81. The molecule has 0 spiro atoms. The third-order valence-corrected chi connectivity index (χ3v) is 5.62. The number of hydrogen-bond donors (Lipinski definition) is 2. The molecule has 6 nitrogen and oxygen atoms in total. The maximum atomic E-state index is 6.21. The van der Waals surface area contributed by atoms with Crippen molar-refractivity contribution in [2.75, 3.05) is 33.9 Å². The lowest BCUT2D eigenvalue weighted by atomic mass is 9.84. The van der Waals surface area contributed by atoms with Gasteiger partial charge in [-0.25, -0.2) is 0 Å². The lowest BCUT2D eigenvalue weighted by molar-refractivity contribution is 0.140. The van der Waals surface area contributed by atoms with Gasteiger partial charge in [-0.2, -0.15) is 0 Å². The van der Waals surface area contributed by atoms with Gasteiger partial charge in [0.05, 0.1) is 20.3 Å². The SMILES string of the molecule is CN=C(NCc1ccc(C)cc1OC1CCOC1)NCC(C)(C)c1cccc(OC)c1. The third kappa shape index (κ3) is 6.37. The van der Waals surface area contributed by atoms with Crippen LogP contribution >= 0.6 is 0 Å². The number of benzene rings is 2. The van der Waals surface area contributed by atoms with E-state index in [2.05, 4.69) is 66.7 Å². The molecule has 2 aromatic rings. The summed E-state index contributed by atoms with van der Waals surface area (Å²) >= 11 is 0. The van der Waals surface area contributed by atoms with E-state index in [1.807, 2.05) is 12.1 Å². The van der Waals surface area contributed by atoms with Crippen LogP contribution in [0.2, 0.25) is 0 Å². The second kappa shape index (κ2) is 10.5. The van der Waals surface area contributed by atoms with Gasteiger partial charge in [0, 0.05) is 37.5 Å². The fourth-order valence-electron chi connectivity index (χ4n) is 3.55. The molecule has 1 aliphatic heterocycles. The van der Waals surface area contributed by atoms with E-state index in [1.54, 1.807) is 14.2 Å². The van der Waals surface area contributed by atoms with E-state index in [9.17, 15) is 0 Å². The Morgan fingerprint density at radius 3 is 2.74 bits per heavy atom. The molecule has 2 N–H and O–H groups in total. The van der Waals surface area contributed by atoms with Crippen LogP contribution in [0, 0.1) is 6.92 Å². The molecule has 1 saturated heterocycles. The van der Waals surface area contributed by atoms with Gasteiger partial charge >= 0.3 is 0 Å². The zero-order valence-corrected chi connectivity index (χ0v) is 19.3. The number of ether oxygens (including phenoxy) is 3. The quantitative estimate of drug-likeness (QED) is 0.497. The minimum absolute atomic E-state index is 0.0905. The maximum Gasteiger partial charge on any atom is 0.191 e. The molecule has 6 heteroatoms. The Balaban J connectivity index is 1.60. The summed E-state index contributed by atoms with van der Waals surface area (Å²) in [7, 11) is 3.48. The predicted molar refractivity (Wildman–Crippen MR) is 125 cm³/mol. The van der Waals surface area contributed by atoms with E-state index < -0.39 is 0 Å². The molecule has 0 radical (unpaired) electrons. The Labute approximate surface area is 186 Å². The zero-order chi connectivity index (χ0) is 22.3. The Kier molecular flexibility index (Phi) is 7.80. The minimum atomic E-state index is -0.0905. The molecule has 1 unspecified atom stereocenters. The number of hydrogen-bond acceptors (Lipinski definition) is 4. The lowest BCUT2D eigenvalue weighted by Gasteiger charge is -2.27. The van der Waals surface area contributed by atoms with Crippen LogP contribution in [0.1, 0.15) is 37.0 Å². The van der Waals surface area contributed by atoms with Crippen LogP contribution < -0.4 is 20.1 Å². The molecule has 31 heavy (non-hydrogen) atoms. The molecule has 0 aromatic heterocycles. The van der Waals surface area contributed by atoms with E-state index in [-0.39, 0.29) is 11.5 Å². The number of nitrogens with zero attached hydrogens (tertiary/aromatic N) is 1. The summed E-state index contributed by atoms with van der Waals surface area (Å²) in [6.45, 7) is 9.28. The fraction of sp³-hybridized carbons (Fsp3) is 0.480. The van der Waals surface area contributed by atoms with Crippen LogP contribution in [0.3, 0.4) is 0 Å². The van der Waals surface area contributed by atoms with Gasteiger partial charge in [0.2, 0.25) is 0 Å². The number of aliphatic imine (C=N–C) groups is 1. The number of rotatable bonds is 8. The Morgan fingerprint density at radius 2 is 2.03 bits per heavy atom. The molecule has 0 saturated carbocycles. The van der Waals surface area contributed by atoms with Crippen LogP contribution in [-0.4, -0.2) is 46.0 Å². The van der Waals surface area contributed by atoms with E-state index in [1.165, 1.54) is 11.1 Å². The van der Waals surface area contributed by atoms with Crippen LogP contribution in [0.5, 0.6) is 11.5 Å². The van der Waals surface area contributed by atoms with Crippen molar-refractivity contribution in [2.24, 2.45) is 4.99 Å². The van der Waals surface area contributed by atoms with Crippen molar-refractivity contribution in [1.82, 2.24) is 10.6 Å². The maximum absolute atomic E-state index is 6.21. The highest BCUT2D eigenvalue weighted by molar-refractivity contribution is 5.79. The van der Waals surface area contributed by atoms with Gasteiger partial charge in [0.1, 0.15) is 17.6 Å². The molecular formula is C25H35N3O3. The molecule has 3 rings (SSSR count). The molecule has 2 aromatic carbocycles. The van der Waals surface area contributed by atoms with Crippen molar-refractivity contribution in [2.45, 2.75) is 45.3 Å². The van der Waals surface area contributed by atoms with Gasteiger partial charge in [-0.3, -0.25) is 4.99 Å². The summed E-state index contributed by atoms with van der Waals surface area (Å²) in [5, 5.41) is 6.88. The van der Waals surface area contributed by atoms with E-state index in [0.717, 1.165) is 42.6 Å². The molecule has 168 valence electrons.